The Morgan fingerprint density at radius 3 is 2.49 bits per heavy atom. The molecule has 1 aliphatic carbocycles. The number of hydrogen-bond acceptors (Lipinski definition) is 6. The number of alkyl halides is 3. The molecule has 4 rings (SSSR count). The van der Waals surface area contributed by atoms with Crippen LogP contribution in [0.1, 0.15) is 53.9 Å². The van der Waals surface area contributed by atoms with Gasteiger partial charge in [-0.25, -0.2) is 0 Å². The van der Waals surface area contributed by atoms with E-state index in [-0.39, 0.29) is 47.9 Å². The van der Waals surface area contributed by atoms with Crippen molar-refractivity contribution < 1.29 is 27.4 Å². The van der Waals surface area contributed by atoms with Gasteiger partial charge in [0.05, 0.1) is 10.5 Å². The number of nitro benzene ring substituents is 1. The monoisotopic (exact) mass is 488 g/mol. The lowest BCUT2D eigenvalue weighted by molar-refractivity contribution is -0.384. The number of halogens is 3. The van der Waals surface area contributed by atoms with E-state index in [1.165, 1.54) is 30.3 Å². The molecule has 184 valence electrons. The highest BCUT2D eigenvalue weighted by molar-refractivity contribution is 5.94. The topological polar surface area (TPSA) is 102 Å². The van der Waals surface area contributed by atoms with E-state index in [0.717, 1.165) is 44.2 Å². The summed E-state index contributed by atoms with van der Waals surface area (Å²) in [4.78, 5) is 29.8. The summed E-state index contributed by atoms with van der Waals surface area (Å²) >= 11 is 0. The van der Waals surface area contributed by atoms with Crippen LogP contribution in [0.25, 0.3) is 11.4 Å². The van der Waals surface area contributed by atoms with Crippen molar-refractivity contribution in [3.8, 4) is 11.4 Å². The predicted octanol–water partition coefficient (Wildman–Crippen LogP) is 5.68. The average Bonchev–Trinajstić information content (AvgIpc) is 3.33. The second kappa shape index (κ2) is 10.2. The van der Waals surface area contributed by atoms with Crippen molar-refractivity contribution in [2.45, 2.75) is 50.7 Å². The van der Waals surface area contributed by atoms with E-state index in [9.17, 15) is 28.1 Å². The zero-order chi connectivity index (χ0) is 25.0. The van der Waals surface area contributed by atoms with Gasteiger partial charge in [-0.15, -0.1) is 0 Å². The summed E-state index contributed by atoms with van der Waals surface area (Å²) in [7, 11) is 0. The van der Waals surface area contributed by atoms with Gasteiger partial charge in [0, 0.05) is 42.3 Å². The van der Waals surface area contributed by atoms with Gasteiger partial charge in [-0.3, -0.25) is 14.9 Å². The summed E-state index contributed by atoms with van der Waals surface area (Å²) in [6.07, 6.45) is 0.418. The molecule has 0 saturated heterocycles. The molecular weight excluding hydrogens is 465 g/mol. The van der Waals surface area contributed by atoms with Crippen LogP contribution in [0.2, 0.25) is 0 Å². The Kier molecular flexibility index (Phi) is 7.13. The van der Waals surface area contributed by atoms with E-state index >= 15 is 0 Å². The number of nitrogens with zero attached hydrogens (tertiary/aromatic N) is 4. The molecule has 0 unspecified atom stereocenters. The number of hydrogen-bond donors (Lipinski definition) is 0. The minimum atomic E-state index is -4.47. The van der Waals surface area contributed by atoms with Crippen molar-refractivity contribution in [3.05, 3.63) is 75.7 Å². The van der Waals surface area contributed by atoms with Crippen LogP contribution in [0.5, 0.6) is 0 Å². The molecule has 0 aliphatic heterocycles. The molecule has 1 aliphatic rings. The van der Waals surface area contributed by atoms with Gasteiger partial charge in [0.1, 0.15) is 0 Å². The first kappa shape index (κ1) is 24.4. The summed E-state index contributed by atoms with van der Waals surface area (Å²) < 4.78 is 44.0. The Labute approximate surface area is 198 Å². The van der Waals surface area contributed by atoms with Gasteiger partial charge < -0.3 is 9.42 Å². The van der Waals surface area contributed by atoms with Crippen LogP contribution >= 0.6 is 0 Å². The highest BCUT2D eigenvalue weighted by atomic mass is 19.4. The predicted molar refractivity (Wildman–Crippen MR) is 119 cm³/mol. The Morgan fingerprint density at radius 1 is 1.11 bits per heavy atom. The van der Waals surface area contributed by atoms with Gasteiger partial charge >= 0.3 is 6.18 Å². The summed E-state index contributed by atoms with van der Waals surface area (Å²) in [5, 5.41) is 14.9. The molecule has 0 atom stereocenters. The maximum atomic E-state index is 13.3. The van der Waals surface area contributed by atoms with Gasteiger partial charge in [0.15, 0.2) is 0 Å². The van der Waals surface area contributed by atoms with Crippen molar-refractivity contribution in [1.29, 1.82) is 0 Å². The van der Waals surface area contributed by atoms with Gasteiger partial charge in [-0.05, 0) is 37.1 Å². The van der Waals surface area contributed by atoms with Crippen LogP contribution in [0.4, 0.5) is 18.9 Å². The van der Waals surface area contributed by atoms with E-state index in [0.29, 0.717) is 5.56 Å². The van der Waals surface area contributed by atoms with Gasteiger partial charge in [-0.1, -0.05) is 36.6 Å². The second-order valence-electron chi connectivity index (χ2n) is 8.43. The molecule has 3 aromatic rings. The first-order valence-electron chi connectivity index (χ1n) is 11.3. The zero-order valence-electron chi connectivity index (χ0n) is 18.7. The molecule has 1 heterocycles. The Balaban J connectivity index is 1.50. The Morgan fingerprint density at radius 2 is 1.83 bits per heavy atom. The summed E-state index contributed by atoms with van der Waals surface area (Å²) in [6.45, 7) is 0.251. The van der Waals surface area contributed by atoms with Crippen LogP contribution < -0.4 is 0 Å². The van der Waals surface area contributed by atoms with E-state index in [1.54, 1.807) is 11.0 Å². The average molecular weight is 488 g/mol. The molecule has 0 bridgehead atoms. The van der Waals surface area contributed by atoms with Crippen LogP contribution in [0.15, 0.2) is 53.1 Å². The minimum absolute atomic E-state index is 0.0299. The molecule has 11 heteroatoms. The van der Waals surface area contributed by atoms with Crippen LogP contribution in [-0.2, 0) is 12.6 Å². The second-order valence-corrected chi connectivity index (χ2v) is 8.43. The Bertz CT molecular complexity index is 1190. The van der Waals surface area contributed by atoms with Crippen molar-refractivity contribution in [1.82, 2.24) is 15.0 Å². The quantitative estimate of drug-likeness (QED) is 0.313. The summed E-state index contributed by atoms with van der Waals surface area (Å²) in [5.41, 5.74) is -0.289. The summed E-state index contributed by atoms with van der Waals surface area (Å²) in [6, 6.07) is 10.1. The van der Waals surface area contributed by atoms with Gasteiger partial charge in [-0.2, -0.15) is 18.2 Å². The molecule has 1 saturated carbocycles. The molecule has 8 nitrogen and oxygen atoms in total. The van der Waals surface area contributed by atoms with Gasteiger partial charge in [0.25, 0.3) is 11.6 Å². The number of benzene rings is 2. The largest absolute Gasteiger partial charge is 0.416 e. The lowest BCUT2D eigenvalue weighted by Gasteiger charge is -2.34. The number of rotatable bonds is 7. The van der Waals surface area contributed by atoms with Crippen LogP contribution in [0, 0.1) is 10.1 Å². The SMILES string of the molecule is O=C(c1ccc(C(F)(F)F)cc1)N(CCc1nc(-c2cccc([N+](=O)[O-])c2)no1)C1CCCCC1. The molecule has 35 heavy (non-hydrogen) atoms. The van der Waals surface area contributed by atoms with Crippen molar-refractivity contribution in [2.24, 2.45) is 0 Å². The molecule has 0 N–H and O–H groups in total. The maximum Gasteiger partial charge on any atom is 0.416 e. The Hall–Kier alpha value is -3.76. The zero-order valence-corrected chi connectivity index (χ0v) is 18.7. The van der Waals surface area contributed by atoms with E-state index in [2.05, 4.69) is 10.1 Å². The minimum Gasteiger partial charge on any atom is -0.339 e. The maximum absolute atomic E-state index is 13.3. The van der Waals surface area contributed by atoms with Crippen LogP contribution in [-0.4, -0.2) is 38.5 Å². The number of non-ortho nitro benzene ring substituents is 1. The number of aromatic nitrogens is 2. The third-order valence-electron chi connectivity index (χ3n) is 6.09. The number of nitro groups is 1. The highest BCUT2D eigenvalue weighted by Crippen LogP contribution is 2.30. The molecule has 2 aromatic carbocycles. The third-order valence-corrected chi connectivity index (χ3v) is 6.09. The molecule has 1 amide bonds. The standard InChI is InChI=1S/C24H23F3N4O4/c25-24(26,27)18-11-9-16(10-12-18)23(32)30(19-6-2-1-3-7-19)14-13-21-28-22(29-35-21)17-5-4-8-20(15-17)31(33)34/h4-5,8-12,15,19H,1-3,6-7,13-14H2. The van der Waals surface area contributed by atoms with Crippen molar-refractivity contribution in [3.63, 3.8) is 0 Å². The molecule has 0 radical (unpaired) electrons. The first-order chi connectivity index (χ1) is 16.7. The lowest BCUT2D eigenvalue weighted by Crippen LogP contribution is -2.42. The van der Waals surface area contributed by atoms with Crippen molar-refractivity contribution in [2.75, 3.05) is 6.54 Å². The van der Waals surface area contributed by atoms with E-state index < -0.39 is 16.7 Å². The van der Waals surface area contributed by atoms with Crippen LogP contribution in [0.3, 0.4) is 0 Å². The number of amides is 1. The molecule has 0 spiro atoms. The fourth-order valence-corrected chi connectivity index (χ4v) is 4.26. The summed E-state index contributed by atoms with van der Waals surface area (Å²) in [5.74, 6) is 0.110. The van der Waals surface area contributed by atoms with Crippen molar-refractivity contribution >= 4 is 11.6 Å². The molecular formula is C24H23F3N4O4. The van der Waals surface area contributed by atoms with E-state index in [1.807, 2.05) is 0 Å². The van der Waals surface area contributed by atoms with E-state index in [4.69, 9.17) is 4.52 Å². The van der Waals surface area contributed by atoms with Gasteiger partial charge in [0.2, 0.25) is 11.7 Å². The third kappa shape index (κ3) is 5.84. The highest BCUT2D eigenvalue weighted by Gasteiger charge is 2.31. The first-order valence-corrected chi connectivity index (χ1v) is 11.3. The molecule has 1 fully saturated rings. The normalized spacial score (nSPS) is 14.6. The number of carbonyl (C=O) groups is 1. The number of carbonyl (C=O) groups excluding carboxylic acids is 1. The smallest absolute Gasteiger partial charge is 0.339 e. The lowest BCUT2D eigenvalue weighted by atomic mass is 9.93. The molecule has 1 aromatic heterocycles. The fourth-order valence-electron chi connectivity index (χ4n) is 4.26. The fraction of sp³-hybridized carbons (Fsp3) is 0.375.